The molecule has 0 aliphatic heterocycles. The summed E-state index contributed by atoms with van der Waals surface area (Å²) >= 11 is 0. The molecule has 1 aromatic heterocycles. The second-order valence-corrected chi connectivity index (χ2v) is 11.9. The van der Waals surface area contributed by atoms with Crippen LogP contribution in [0, 0.1) is 20.8 Å². The first-order valence-corrected chi connectivity index (χ1v) is 13.4. The van der Waals surface area contributed by atoms with E-state index in [2.05, 4.69) is 6.58 Å². The highest BCUT2D eigenvalue weighted by atomic mass is 32.2. The van der Waals surface area contributed by atoms with Gasteiger partial charge in [0.05, 0.1) is 20.2 Å². The zero-order valence-electron chi connectivity index (χ0n) is 18.7. The second kappa shape index (κ2) is 8.32. The zero-order chi connectivity index (χ0) is 24.0. The summed E-state index contributed by atoms with van der Waals surface area (Å²) in [5.74, 6) is 0. The fourth-order valence-corrected chi connectivity index (χ4v) is 6.84. The minimum atomic E-state index is -4.03. The van der Waals surface area contributed by atoms with E-state index in [4.69, 9.17) is 0 Å². The quantitative estimate of drug-likeness (QED) is 0.349. The van der Waals surface area contributed by atoms with Gasteiger partial charge in [0.15, 0.2) is 0 Å². The Morgan fingerprint density at radius 3 is 1.88 bits per heavy atom. The summed E-state index contributed by atoms with van der Waals surface area (Å²) in [4.78, 5) is 0.179. The molecule has 0 amide bonds. The highest BCUT2D eigenvalue weighted by molar-refractivity contribution is 7.92. The number of aromatic nitrogens is 1. The third kappa shape index (κ3) is 3.92. The number of aryl methyl sites for hydroxylation is 3. The number of benzene rings is 3. The molecule has 0 fully saturated rings. The van der Waals surface area contributed by atoms with Gasteiger partial charge in [0.1, 0.15) is 0 Å². The van der Waals surface area contributed by atoms with Crippen molar-refractivity contribution in [3.8, 4) is 0 Å². The highest BCUT2D eigenvalue weighted by Crippen LogP contribution is 2.36. The van der Waals surface area contributed by atoms with E-state index in [0.29, 0.717) is 17.3 Å². The number of nitrogens with zero attached hydrogens (tertiary/aromatic N) is 1. The zero-order valence-corrected chi connectivity index (χ0v) is 20.4. The summed E-state index contributed by atoms with van der Waals surface area (Å²) in [5, 5.41) is 0.408. The lowest BCUT2D eigenvalue weighted by molar-refractivity contribution is 0.588. The normalized spacial score (nSPS) is 12.2. The summed E-state index contributed by atoms with van der Waals surface area (Å²) < 4.78 is 55.7. The monoisotopic (exact) mass is 479 g/mol. The molecule has 33 heavy (non-hydrogen) atoms. The van der Waals surface area contributed by atoms with E-state index in [-0.39, 0.29) is 14.7 Å². The fraction of sp³-hybridized carbons (Fsp3) is 0.154. The van der Waals surface area contributed by atoms with Gasteiger partial charge in [-0.05, 0) is 68.7 Å². The maximum absolute atomic E-state index is 13.7. The number of hydrogen-bond donors (Lipinski definition) is 0. The van der Waals surface area contributed by atoms with Crippen molar-refractivity contribution >= 4 is 30.8 Å². The largest absolute Gasteiger partial charge is 0.268 e. The summed E-state index contributed by atoms with van der Waals surface area (Å²) in [6.45, 7) is 9.43. The average molecular weight is 480 g/mol. The Hall–Kier alpha value is -3.16. The summed E-state index contributed by atoms with van der Waals surface area (Å²) in [6.07, 6.45) is 3.34. The fourth-order valence-electron chi connectivity index (χ4n) is 3.92. The third-order valence-corrected chi connectivity index (χ3v) is 9.26. The van der Waals surface area contributed by atoms with E-state index >= 15 is 0 Å². The van der Waals surface area contributed by atoms with E-state index in [1.807, 2.05) is 26.8 Å². The molecule has 0 aliphatic carbocycles. The van der Waals surface area contributed by atoms with Crippen LogP contribution in [0.1, 0.15) is 22.3 Å². The van der Waals surface area contributed by atoms with Crippen LogP contribution in [0.2, 0.25) is 0 Å². The number of fused-ring (bicyclic) bond motifs is 1. The Morgan fingerprint density at radius 1 is 0.788 bits per heavy atom. The second-order valence-electron chi connectivity index (χ2n) is 8.17. The van der Waals surface area contributed by atoms with Crippen molar-refractivity contribution in [2.45, 2.75) is 41.9 Å². The lowest BCUT2D eigenvalue weighted by Crippen LogP contribution is -2.12. The molecular formula is C26H25NO4S2. The van der Waals surface area contributed by atoms with Gasteiger partial charge in [-0.3, -0.25) is 0 Å². The van der Waals surface area contributed by atoms with Crippen molar-refractivity contribution in [1.29, 1.82) is 0 Å². The molecule has 4 rings (SSSR count). The molecule has 3 aromatic carbocycles. The molecule has 4 aromatic rings. The Bertz CT molecular complexity index is 1580. The molecule has 0 aliphatic rings. The van der Waals surface area contributed by atoms with Gasteiger partial charge in [-0.1, -0.05) is 47.5 Å². The van der Waals surface area contributed by atoms with Crippen molar-refractivity contribution in [3.63, 3.8) is 0 Å². The van der Waals surface area contributed by atoms with E-state index in [1.165, 1.54) is 18.3 Å². The first-order valence-electron chi connectivity index (χ1n) is 10.5. The molecule has 1 heterocycles. The average Bonchev–Trinajstić information content (AvgIpc) is 3.18. The first kappa shape index (κ1) is 23.0. The SMILES string of the molecule is C=CCc1c(C)ccc2c1c(S(=O)(=O)c1ccc(C)cc1)cn2S(=O)(=O)c1ccc(C)cc1. The van der Waals surface area contributed by atoms with Crippen LogP contribution < -0.4 is 0 Å². The first-order chi connectivity index (χ1) is 15.6. The minimum absolute atomic E-state index is 0.0300. The minimum Gasteiger partial charge on any atom is -0.240 e. The molecule has 170 valence electrons. The van der Waals surface area contributed by atoms with Gasteiger partial charge in [0, 0.05) is 11.6 Å². The van der Waals surface area contributed by atoms with Crippen LogP contribution in [0.15, 0.2) is 94.2 Å². The lowest BCUT2D eigenvalue weighted by atomic mass is 10.0. The topological polar surface area (TPSA) is 73.2 Å². The van der Waals surface area contributed by atoms with E-state index in [1.54, 1.807) is 48.5 Å². The van der Waals surface area contributed by atoms with Crippen molar-refractivity contribution in [2.24, 2.45) is 0 Å². The summed E-state index contributed by atoms with van der Waals surface area (Å²) in [6, 6.07) is 16.5. The Balaban J connectivity index is 2.09. The number of hydrogen-bond acceptors (Lipinski definition) is 4. The Kier molecular flexibility index (Phi) is 5.80. The van der Waals surface area contributed by atoms with Crippen LogP contribution in [-0.4, -0.2) is 20.8 Å². The van der Waals surface area contributed by atoms with Gasteiger partial charge in [0.25, 0.3) is 10.0 Å². The molecule has 0 radical (unpaired) electrons. The van der Waals surface area contributed by atoms with Crippen LogP contribution in [-0.2, 0) is 26.3 Å². The summed E-state index contributed by atoms with van der Waals surface area (Å²) in [5.41, 5.74) is 3.79. The van der Waals surface area contributed by atoms with Gasteiger partial charge in [-0.25, -0.2) is 20.8 Å². The van der Waals surface area contributed by atoms with Crippen LogP contribution in [0.3, 0.4) is 0 Å². The van der Waals surface area contributed by atoms with E-state index in [0.717, 1.165) is 26.2 Å². The molecule has 0 bridgehead atoms. The molecule has 0 unspecified atom stereocenters. The van der Waals surface area contributed by atoms with Crippen LogP contribution in [0.4, 0.5) is 0 Å². The van der Waals surface area contributed by atoms with Crippen molar-refractivity contribution in [1.82, 2.24) is 3.97 Å². The summed E-state index contributed by atoms with van der Waals surface area (Å²) in [7, 11) is -8.02. The predicted octanol–water partition coefficient (Wildman–Crippen LogP) is 5.36. The van der Waals surface area contributed by atoms with Crippen molar-refractivity contribution < 1.29 is 16.8 Å². The number of allylic oxidation sites excluding steroid dienone is 1. The van der Waals surface area contributed by atoms with E-state index in [9.17, 15) is 16.8 Å². The predicted molar refractivity (Wildman–Crippen MR) is 131 cm³/mol. The molecular weight excluding hydrogens is 454 g/mol. The molecule has 0 spiro atoms. The van der Waals surface area contributed by atoms with Gasteiger partial charge in [-0.15, -0.1) is 6.58 Å². The smallest absolute Gasteiger partial charge is 0.240 e. The highest BCUT2D eigenvalue weighted by Gasteiger charge is 2.29. The lowest BCUT2D eigenvalue weighted by Gasteiger charge is -2.10. The molecule has 0 atom stereocenters. The molecule has 7 heteroatoms. The standard InChI is InChI=1S/C26H25NO4S2/c1-5-6-23-20(4)11-16-24-26(23)25(32(28,29)21-12-7-18(2)8-13-21)17-27(24)33(30,31)22-14-9-19(3)10-15-22/h5,7-17H,1,6H2,2-4H3. The van der Waals surface area contributed by atoms with E-state index < -0.39 is 19.9 Å². The molecule has 0 N–H and O–H groups in total. The van der Waals surface area contributed by atoms with Crippen LogP contribution in [0.5, 0.6) is 0 Å². The third-order valence-electron chi connectivity index (χ3n) is 5.79. The Labute approximate surface area is 195 Å². The Morgan fingerprint density at radius 2 is 1.33 bits per heavy atom. The maximum atomic E-state index is 13.7. The maximum Gasteiger partial charge on any atom is 0.268 e. The molecule has 0 saturated heterocycles. The van der Waals surface area contributed by atoms with Gasteiger partial charge >= 0.3 is 0 Å². The molecule has 5 nitrogen and oxygen atoms in total. The van der Waals surface area contributed by atoms with Gasteiger partial charge < -0.3 is 0 Å². The van der Waals surface area contributed by atoms with Gasteiger partial charge in [-0.2, -0.15) is 0 Å². The van der Waals surface area contributed by atoms with Gasteiger partial charge in [0.2, 0.25) is 9.84 Å². The van der Waals surface area contributed by atoms with Crippen molar-refractivity contribution in [3.05, 3.63) is 102 Å². The van der Waals surface area contributed by atoms with Crippen molar-refractivity contribution in [2.75, 3.05) is 0 Å². The van der Waals surface area contributed by atoms with Crippen LogP contribution in [0.25, 0.3) is 10.9 Å². The molecule has 0 saturated carbocycles. The number of sulfone groups is 1. The number of rotatable bonds is 6. The van der Waals surface area contributed by atoms with Crippen LogP contribution >= 0.6 is 0 Å².